The molecule has 0 saturated heterocycles. The molecule has 3 rings (SSSR count). The van der Waals surface area contributed by atoms with Crippen molar-refractivity contribution in [2.75, 3.05) is 0 Å². The largest absolute Gasteiger partial charge is 0.480 e. The minimum absolute atomic E-state index is 0.00278. The van der Waals surface area contributed by atoms with E-state index in [1.165, 1.54) is 12.5 Å². The van der Waals surface area contributed by atoms with Gasteiger partial charge in [0.1, 0.15) is 11.8 Å². The number of halogens is 2. The number of aromatic amines is 1. The second kappa shape index (κ2) is 11.8. The van der Waals surface area contributed by atoms with Crippen molar-refractivity contribution in [3.8, 4) is 0 Å². The van der Waals surface area contributed by atoms with Gasteiger partial charge in [0.25, 0.3) is 0 Å². The number of rotatable bonds is 11. The fraction of sp³-hybridized carbons (Fsp3) is 0.280. The van der Waals surface area contributed by atoms with Gasteiger partial charge in [0.05, 0.1) is 6.33 Å². The Bertz CT molecular complexity index is 1140. The third-order valence-corrected chi connectivity index (χ3v) is 6.12. The summed E-state index contributed by atoms with van der Waals surface area (Å²) in [6.45, 7) is 1.61. The lowest BCUT2D eigenvalue weighted by Gasteiger charge is -2.17. The van der Waals surface area contributed by atoms with Gasteiger partial charge in [-0.25, -0.2) is 9.78 Å². The fourth-order valence-electron chi connectivity index (χ4n) is 3.62. The molecule has 3 N–H and O–H groups in total. The van der Waals surface area contributed by atoms with Crippen molar-refractivity contribution in [2.24, 2.45) is 5.92 Å². The third-order valence-electron chi connectivity index (χ3n) is 5.41. The van der Waals surface area contributed by atoms with Crippen LogP contribution in [0, 0.1) is 5.92 Å². The number of hydrogen-bond acceptors (Lipinski definition) is 4. The van der Waals surface area contributed by atoms with Gasteiger partial charge < -0.3 is 15.4 Å². The van der Waals surface area contributed by atoms with Gasteiger partial charge in [0, 0.05) is 53.5 Å². The summed E-state index contributed by atoms with van der Waals surface area (Å²) >= 11 is 12.5. The highest BCUT2D eigenvalue weighted by atomic mass is 35.5. The first-order valence-electron chi connectivity index (χ1n) is 10.8. The molecule has 2 unspecified atom stereocenters. The average Bonchev–Trinajstić information content (AvgIpc) is 3.29. The van der Waals surface area contributed by atoms with Crippen LogP contribution in [0.1, 0.15) is 35.7 Å². The molecule has 0 bridgehead atoms. The van der Waals surface area contributed by atoms with Crippen LogP contribution in [-0.4, -0.2) is 38.8 Å². The van der Waals surface area contributed by atoms with Crippen LogP contribution in [0.5, 0.6) is 0 Å². The van der Waals surface area contributed by atoms with Gasteiger partial charge in [-0.05, 0) is 28.8 Å². The molecule has 7 nitrogen and oxygen atoms in total. The number of carbonyl (C=O) groups is 3. The summed E-state index contributed by atoms with van der Waals surface area (Å²) in [5.74, 6) is -2.42. The van der Waals surface area contributed by atoms with Crippen molar-refractivity contribution in [3.63, 3.8) is 0 Å². The molecule has 0 radical (unpaired) electrons. The minimum Gasteiger partial charge on any atom is -0.480 e. The first-order valence-corrected chi connectivity index (χ1v) is 11.5. The number of nitrogens with zero attached hydrogens (tertiary/aromatic N) is 1. The van der Waals surface area contributed by atoms with Gasteiger partial charge in [-0.3, -0.25) is 9.59 Å². The van der Waals surface area contributed by atoms with Crippen LogP contribution in [0.2, 0.25) is 10.0 Å². The van der Waals surface area contributed by atoms with E-state index in [1.807, 2.05) is 24.3 Å². The van der Waals surface area contributed by atoms with E-state index in [2.05, 4.69) is 15.3 Å². The van der Waals surface area contributed by atoms with Gasteiger partial charge in [-0.2, -0.15) is 0 Å². The number of amides is 1. The second-order valence-corrected chi connectivity index (χ2v) is 9.01. The third kappa shape index (κ3) is 7.17. The fourth-order valence-corrected chi connectivity index (χ4v) is 4.15. The lowest BCUT2D eigenvalue weighted by atomic mass is 9.96. The topological polar surface area (TPSA) is 112 Å². The van der Waals surface area contributed by atoms with E-state index in [-0.39, 0.29) is 25.0 Å². The van der Waals surface area contributed by atoms with Crippen LogP contribution in [0.4, 0.5) is 0 Å². The highest BCUT2D eigenvalue weighted by Crippen LogP contribution is 2.27. The van der Waals surface area contributed by atoms with Crippen LogP contribution in [0.25, 0.3) is 0 Å². The molecule has 9 heteroatoms. The van der Waals surface area contributed by atoms with Crippen LogP contribution in [0.15, 0.2) is 55.0 Å². The zero-order valence-corrected chi connectivity index (χ0v) is 20.1. The predicted molar refractivity (Wildman–Crippen MR) is 130 cm³/mol. The molecule has 2 atom stereocenters. The maximum Gasteiger partial charge on any atom is 0.326 e. The van der Waals surface area contributed by atoms with Gasteiger partial charge in [0.15, 0.2) is 0 Å². The number of carboxylic acid groups (broad SMARTS) is 1. The molecule has 0 spiro atoms. The monoisotopic (exact) mass is 501 g/mol. The smallest absolute Gasteiger partial charge is 0.326 e. The van der Waals surface area contributed by atoms with E-state index >= 15 is 0 Å². The standard InChI is InChI=1S/C25H25Cl2N3O4/c1-15(24(32)30-23(25(33)34)12-18-13-28-14-29-18)8-19(31)10-16-4-2-5-17(9-16)11-20-21(26)6-3-7-22(20)27/h2-7,9,13-15,23H,8,10-12H2,1H3,(H,28,29)(H,30,32)(H,33,34). The van der Waals surface area contributed by atoms with Gasteiger partial charge >= 0.3 is 5.97 Å². The number of hydrogen-bond donors (Lipinski definition) is 3. The van der Waals surface area contributed by atoms with E-state index in [1.54, 1.807) is 25.1 Å². The van der Waals surface area contributed by atoms with Crippen LogP contribution in [-0.2, 0) is 33.6 Å². The summed E-state index contributed by atoms with van der Waals surface area (Å²) in [6, 6.07) is 11.8. The highest BCUT2D eigenvalue weighted by Gasteiger charge is 2.25. The lowest BCUT2D eigenvalue weighted by molar-refractivity contribution is -0.142. The zero-order valence-electron chi connectivity index (χ0n) is 18.6. The van der Waals surface area contributed by atoms with Gasteiger partial charge in [0.2, 0.25) is 5.91 Å². The molecule has 1 aromatic heterocycles. The Morgan fingerprint density at radius 2 is 1.76 bits per heavy atom. The van der Waals surface area contributed by atoms with E-state index in [9.17, 15) is 19.5 Å². The van der Waals surface area contributed by atoms with Crippen molar-refractivity contribution in [1.82, 2.24) is 15.3 Å². The molecule has 2 aromatic carbocycles. The van der Waals surface area contributed by atoms with Crippen molar-refractivity contribution < 1.29 is 19.5 Å². The number of nitrogens with one attached hydrogen (secondary N) is 2. The van der Waals surface area contributed by atoms with E-state index in [0.29, 0.717) is 22.2 Å². The molecular weight excluding hydrogens is 477 g/mol. The van der Waals surface area contributed by atoms with Crippen molar-refractivity contribution >= 4 is 40.9 Å². The van der Waals surface area contributed by atoms with E-state index in [4.69, 9.17) is 23.2 Å². The molecule has 34 heavy (non-hydrogen) atoms. The number of Topliss-reactive ketones (excluding diaryl/α,β-unsaturated/α-hetero) is 1. The Hall–Kier alpha value is -3.16. The number of imidazole rings is 1. The molecule has 1 amide bonds. The number of carbonyl (C=O) groups excluding carboxylic acids is 2. The summed E-state index contributed by atoms with van der Waals surface area (Å²) in [5, 5.41) is 13.1. The Morgan fingerprint density at radius 1 is 1.09 bits per heavy atom. The van der Waals surface area contributed by atoms with E-state index < -0.39 is 23.8 Å². The number of ketones is 1. The number of benzene rings is 2. The normalized spacial score (nSPS) is 12.7. The van der Waals surface area contributed by atoms with Crippen LogP contribution >= 0.6 is 23.2 Å². The Kier molecular flexibility index (Phi) is 8.85. The van der Waals surface area contributed by atoms with Crippen LogP contribution < -0.4 is 5.32 Å². The Balaban J connectivity index is 1.56. The summed E-state index contributed by atoms with van der Waals surface area (Å²) in [7, 11) is 0. The zero-order chi connectivity index (χ0) is 24.7. The number of H-pyrrole nitrogens is 1. The van der Waals surface area contributed by atoms with Crippen molar-refractivity contribution in [3.05, 3.63) is 87.4 Å². The maximum absolute atomic E-state index is 12.6. The number of carboxylic acids is 1. The first-order chi connectivity index (χ1) is 16.2. The number of aromatic nitrogens is 2. The van der Waals surface area contributed by atoms with Gasteiger partial charge in [-0.1, -0.05) is 60.5 Å². The molecule has 0 saturated carbocycles. The van der Waals surface area contributed by atoms with Crippen molar-refractivity contribution in [1.29, 1.82) is 0 Å². The Morgan fingerprint density at radius 3 is 2.41 bits per heavy atom. The first kappa shape index (κ1) is 25.5. The highest BCUT2D eigenvalue weighted by molar-refractivity contribution is 6.36. The summed E-state index contributed by atoms with van der Waals surface area (Å²) in [6.07, 6.45) is 3.72. The minimum atomic E-state index is -1.16. The molecule has 1 heterocycles. The average molecular weight is 502 g/mol. The molecule has 3 aromatic rings. The maximum atomic E-state index is 12.6. The SMILES string of the molecule is CC(CC(=O)Cc1cccc(Cc2c(Cl)cccc2Cl)c1)C(=O)NC(Cc1cnc[nH]1)C(=O)O. The summed E-state index contributed by atoms with van der Waals surface area (Å²) in [4.78, 5) is 43.3. The summed E-state index contributed by atoms with van der Waals surface area (Å²) in [5.41, 5.74) is 3.20. The van der Waals surface area contributed by atoms with Crippen molar-refractivity contribution in [2.45, 2.75) is 38.6 Å². The van der Waals surface area contributed by atoms with E-state index in [0.717, 1.165) is 16.7 Å². The molecule has 0 fully saturated rings. The molecule has 178 valence electrons. The molecule has 0 aliphatic heterocycles. The number of aliphatic carboxylic acids is 1. The molecular formula is C25H25Cl2N3O4. The lowest BCUT2D eigenvalue weighted by Crippen LogP contribution is -2.44. The quantitative estimate of drug-likeness (QED) is 0.363. The predicted octanol–water partition coefficient (Wildman–Crippen LogP) is 4.26. The second-order valence-electron chi connectivity index (χ2n) is 8.20. The summed E-state index contributed by atoms with van der Waals surface area (Å²) < 4.78 is 0. The molecule has 0 aliphatic carbocycles. The Labute approximate surface area is 207 Å². The van der Waals surface area contributed by atoms with Gasteiger partial charge in [-0.15, -0.1) is 0 Å². The van der Waals surface area contributed by atoms with Crippen LogP contribution in [0.3, 0.4) is 0 Å². The molecule has 0 aliphatic rings.